The summed E-state index contributed by atoms with van der Waals surface area (Å²) < 4.78 is 10.9. The number of fused-ring (bicyclic) bond motifs is 2. The molecule has 200 valence electrons. The number of rotatable bonds is 5. The minimum absolute atomic E-state index is 0.0595. The molecule has 2 heterocycles. The first-order chi connectivity index (χ1) is 18.8. The summed E-state index contributed by atoms with van der Waals surface area (Å²) in [6.45, 7) is 4.84. The Bertz CT molecular complexity index is 1480. The van der Waals surface area contributed by atoms with Gasteiger partial charge in [0.15, 0.2) is 17.3 Å². The van der Waals surface area contributed by atoms with Crippen LogP contribution in [0.4, 0.5) is 11.4 Å². The van der Waals surface area contributed by atoms with Crippen molar-refractivity contribution in [2.45, 2.75) is 39.3 Å². The maximum absolute atomic E-state index is 13.8. The fourth-order valence-electron chi connectivity index (χ4n) is 5.68. The number of nitrogens with zero attached hydrogens (tertiary/aromatic N) is 1. The number of hydrogen-bond donors (Lipinski definition) is 2. The molecule has 8 heteroatoms. The van der Waals surface area contributed by atoms with Crippen LogP contribution in [0.2, 0.25) is 5.02 Å². The van der Waals surface area contributed by atoms with Gasteiger partial charge in [0, 0.05) is 29.3 Å². The van der Waals surface area contributed by atoms with Crippen LogP contribution in [0.25, 0.3) is 0 Å². The molecule has 0 bridgehead atoms. The van der Waals surface area contributed by atoms with Crippen LogP contribution in [-0.2, 0) is 16.1 Å². The number of amides is 1. The smallest absolute Gasteiger partial charge is 0.239 e. The van der Waals surface area contributed by atoms with Crippen molar-refractivity contribution in [3.05, 3.63) is 94.1 Å². The number of Topliss-reactive ketones (excluding diaryl/α,β-unsaturated/α-hetero) is 1. The highest BCUT2D eigenvalue weighted by Crippen LogP contribution is 2.48. The Kier molecular flexibility index (Phi) is 6.47. The lowest BCUT2D eigenvalue weighted by Gasteiger charge is -2.37. The molecule has 2 aliphatic heterocycles. The van der Waals surface area contributed by atoms with Gasteiger partial charge >= 0.3 is 0 Å². The van der Waals surface area contributed by atoms with Crippen molar-refractivity contribution in [2.75, 3.05) is 23.6 Å². The Labute approximate surface area is 232 Å². The monoisotopic (exact) mass is 543 g/mol. The topological polar surface area (TPSA) is 79.9 Å². The van der Waals surface area contributed by atoms with Gasteiger partial charge in [-0.25, -0.2) is 0 Å². The maximum Gasteiger partial charge on any atom is 0.239 e. The molecule has 3 aromatic carbocycles. The standard InChI is InChI=1S/C31H30ClN3O4/c1-31(2)14-23-29(25(36)15-31)30(20-8-10-21(32)11-9-20)35(24-6-4-3-5-22(24)34-23)17-28(37)33-16-19-7-12-26-27(13-19)39-18-38-26/h3-13,30,34H,14-18H2,1-2H3,(H,33,37). The first-order valence-corrected chi connectivity index (χ1v) is 13.4. The molecule has 6 rings (SSSR count). The second-order valence-corrected chi connectivity index (χ2v) is 11.5. The van der Waals surface area contributed by atoms with Gasteiger partial charge in [-0.3, -0.25) is 9.59 Å². The van der Waals surface area contributed by atoms with Crippen LogP contribution in [0.3, 0.4) is 0 Å². The van der Waals surface area contributed by atoms with Crippen LogP contribution in [0.15, 0.2) is 78.0 Å². The van der Waals surface area contributed by atoms with Gasteiger partial charge in [0.05, 0.1) is 24.0 Å². The van der Waals surface area contributed by atoms with Gasteiger partial charge in [0.25, 0.3) is 0 Å². The van der Waals surface area contributed by atoms with Gasteiger partial charge in [-0.05, 0) is 59.4 Å². The van der Waals surface area contributed by atoms with Crippen molar-refractivity contribution in [3.63, 3.8) is 0 Å². The Morgan fingerprint density at radius 1 is 1.05 bits per heavy atom. The molecule has 39 heavy (non-hydrogen) atoms. The van der Waals surface area contributed by atoms with Crippen molar-refractivity contribution < 1.29 is 19.1 Å². The molecule has 0 radical (unpaired) electrons. The van der Waals surface area contributed by atoms with Crippen molar-refractivity contribution in [3.8, 4) is 11.5 Å². The lowest BCUT2D eigenvalue weighted by atomic mass is 9.73. The SMILES string of the molecule is CC1(C)CC(=O)C2=C(C1)Nc1ccccc1N(CC(=O)NCc1ccc3c(c1)OCO3)C2c1ccc(Cl)cc1. The largest absolute Gasteiger partial charge is 0.454 e. The van der Waals surface area contributed by atoms with Gasteiger partial charge in [-0.15, -0.1) is 0 Å². The van der Waals surface area contributed by atoms with Crippen LogP contribution in [0.5, 0.6) is 11.5 Å². The van der Waals surface area contributed by atoms with E-state index in [1.165, 1.54) is 0 Å². The highest BCUT2D eigenvalue weighted by Gasteiger charge is 2.41. The lowest BCUT2D eigenvalue weighted by molar-refractivity contribution is -0.120. The average molecular weight is 544 g/mol. The zero-order valence-corrected chi connectivity index (χ0v) is 22.7. The molecule has 1 atom stereocenters. The van der Waals surface area contributed by atoms with Crippen LogP contribution < -0.4 is 25.0 Å². The molecule has 3 aromatic rings. The second-order valence-electron chi connectivity index (χ2n) is 11.0. The predicted octanol–water partition coefficient (Wildman–Crippen LogP) is 6.00. The normalized spacial score (nSPS) is 19.1. The Morgan fingerprint density at radius 3 is 2.64 bits per heavy atom. The number of carbonyl (C=O) groups excluding carboxylic acids is 2. The number of hydrogen-bond acceptors (Lipinski definition) is 6. The predicted molar refractivity (Wildman–Crippen MR) is 151 cm³/mol. The van der Waals surface area contributed by atoms with Crippen LogP contribution in [0.1, 0.15) is 43.9 Å². The summed E-state index contributed by atoms with van der Waals surface area (Å²) in [4.78, 5) is 29.3. The van der Waals surface area contributed by atoms with Crippen molar-refractivity contribution >= 4 is 34.7 Å². The summed E-state index contributed by atoms with van der Waals surface area (Å²) >= 11 is 6.24. The van der Waals surface area contributed by atoms with Gasteiger partial charge in [0.1, 0.15) is 0 Å². The number of anilines is 2. The molecular formula is C31H30ClN3O4. The molecule has 1 unspecified atom stereocenters. The number of benzene rings is 3. The number of halogens is 1. The molecule has 7 nitrogen and oxygen atoms in total. The first kappa shape index (κ1) is 25.3. The Balaban J connectivity index is 1.36. The summed E-state index contributed by atoms with van der Waals surface area (Å²) in [6.07, 6.45) is 1.18. The van der Waals surface area contributed by atoms with Crippen LogP contribution in [0, 0.1) is 5.41 Å². The Hall–Kier alpha value is -3.97. The van der Waals surface area contributed by atoms with Gasteiger partial charge < -0.3 is 25.0 Å². The number of allylic oxidation sites excluding steroid dienone is 1. The van der Waals surface area contributed by atoms with E-state index in [-0.39, 0.29) is 30.4 Å². The van der Waals surface area contributed by atoms with E-state index in [2.05, 4.69) is 24.5 Å². The van der Waals surface area contributed by atoms with E-state index in [4.69, 9.17) is 21.1 Å². The molecule has 0 fully saturated rings. The minimum Gasteiger partial charge on any atom is -0.454 e. The summed E-state index contributed by atoms with van der Waals surface area (Å²) in [7, 11) is 0. The fraction of sp³-hybridized carbons (Fsp3) is 0.290. The molecule has 0 aromatic heterocycles. The average Bonchev–Trinajstić information content (AvgIpc) is 3.32. The third kappa shape index (κ3) is 5.06. The van der Waals surface area contributed by atoms with Crippen molar-refractivity contribution in [1.29, 1.82) is 0 Å². The van der Waals surface area contributed by atoms with E-state index < -0.39 is 6.04 Å². The minimum atomic E-state index is -0.451. The zero-order chi connectivity index (χ0) is 27.1. The highest BCUT2D eigenvalue weighted by atomic mass is 35.5. The van der Waals surface area contributed by atoms with Crippen molar-refractivity contribution in [1.82, 2.24) is 5.32 Å². The maximum atomic E-state index is 13.8. The zero-order valence-electron chi connectivity index (χ0n) is 21.9. The fourth-order valence-corrected chi connectivity index (χ4v) is 5.81. The summed E-state index contributed by atoms with van der Waals surface area (Å²) in [5, 5.41) is 7.24. The van der Waals surface area contributed by atoms with Gasteiger partial charge in [-0.1, -0.05) is 55.8 Å². The van der Waals surface area contributed by atoms with E-state index in [9.17, 15) is 9.59 Å². The van der Waals surface area contributed by atoms with Gasteiger partial charge in [0.2, 0.25) is 12.7 Å². The summed E-state index contributed by atoms with van der Waals surface area (Å²) in [5.41, 5.74) is 4.99. The third-order valence-electron chi connectivity index (χ3n) is 7.43. The number of ether oxygens (including phenoxy) is 2. The molecule has 0 spiro atoms. The quantitative estimate of drug-likeness (QED) is 0.411. The van der Waals surface area contributed by atoms with Crippen molar-refractivity contribution in [2.24, 2.45) is 5.41 Å². The number of nitrogens with one attached hydrogen (secondary N) is 2. The second kappa shape index (κ2) is 9.97. The lowest BCUT2D eigenvalue weighted by Crippen LogP contribution is -2.41. The molecular weight excluding hydrogens is 514 g/mol. The molecule has 2 N–H and O–H groups in total. The first-order valence-electron chi connectivity index (χ1n) is 13.1. The third-order valence-corrected chi connectivity index (χ3v) is 7.68. The van der Waals surface area contributed by atoms with E-state index in [1.807, 2.05) is 71.6 Å². The molecule has 3 aliphatic rings. The number of ketones is 1. The van der Waals surface area contributed by atoms with Crippen LogP contribution >= 0.6 is 11.6 Å². The summed E-state index contributed by atoms with van der Waals surface area (Å²) in [6, 6.07) is 20.6. The molecule has 0 saturated carbocycles. The van der Waals surface area contributed by atoms with E-state index >= 15 is 0 Å². The molecule has 1 amide bonds. The van der Waals surface area contributed by atoms with E-state index in [0.717, 1.165) is 34.6 Å². The highest BCUT2D eigenvalue weighted by molar-refractivity contribution is 6.30. The van der Waals surface area contributed by atoms with Crippen LogP contribution in [-0.4, -0.2) is 25.0 Å². The molecule has 0 saturated heterocycles. The Morgan fingerprint density at radius 2 is 1.82 bits per heavy atom. The van der Waals surface area contributed by atoms with Gasteiger partial charge in [-0.2, -0.15) is 0 Å². The summed E-state index contributed by atoms with van der Waals surface area (Å²) in [5.74, 6) is 1.31. The molecule has 1 aliphatic carbocycles. The number of para-hydroxylation sites is 2. The number of carbonyl (C=O) groups is 2. The van der Waals surface area contributed by atoms with E-state index in [0.29, 0.717) is 35.1 Å². The van der Waals surface area contributed by atoms with E-state index in [1.54, 1.807) is 0 Å².